The molecule has 0 aliphatic rings. The Bertz CT molecular complexity index is 358. The van der Waals surface area contributed by atoms with Gasteiger partial charge in [0.15, 0.2) is 11.5 Å². The lowest BCUT2D eigenvalue weighted by Gasteiger charge is -2.08. The fourth-order valence-corrected chi connectivity index (χ4v) is 1.17. The largest absolute Gasteiger partial charge is 0.493 e. The number of hydrogen-bond acceptors (Lipinski definition) is 2. The lowest BCUT2D eigenvalue weighted by molar-refractivity contribution is 0.311. The van der Waals surface area contributed by atoms with Crippen LogP contribution in [-0.2, 0) is 0 Å². The van der Waals surface area contributed by atoms with Crippen LogP contribution in [0.15, 0.2) is 18.2 Å². The third-order valence-electron chi connectivity index (χ3n) is 1.73. The van der Waals surface area contributed by atoms with Crippen molar-refractivity contribution >= 4 is 0 Å². The van der Waals surface area contributed by atoms with Gasteiger partial charge in [-0.05, 0) is 32.0 Å². The first-order valence-corrected chi connectivity index (χ1v) is 4.55. The van der Waals surface area contributed by atoms with Crippen LogP contribution in [0.3, 0.4) is 0 Å². The molecule has 0 aliphatic heterocycles. The average molecular weight is 190 g/mol. The first kappa shape index (κ1) is 10.5. The molecule has 0 saturated heterocycles. The second-order valence-electron chi connectivity index (χ2n) is 2.67. The Hall–Kier alpha value is -1.62. The van der Waals surface area contributed by atoms with E-state index in [1.807, 2.05) is 32.0 Å². The van der Waals surface area contributed by atoms with Gasteiger partial charge in [0.1, 0.15) is 0 Å². The smallest absolute Gasteiger partial charge is 0.162 e. The van der Waals surface area contributed by atoms with Gasteiger partial charge < -0.3 is 9.47 Å². The minimum atomic E-state index is 0.624. The summed E-state index contributed by atoms with van der Waals surface area (Å²) >= 11 is 0. The molecule has 0 atom stereocenters. The van der Waals surface area contributed by atoms with Crippen molar-refractivity contribution in [2.75, 3.05) is 13.7 Å². The lowest BCUT2D eigenvalue weighted by Crippen LogP contribution is -1.95. The molecule has 14 heavy (non-hydrogen) atoms. The molecule has 2 heteroatoms. The Morgan fingerprint density at radius 2 is 2.07 bits per heavy atom. The minimum Gasteiger partial charge on any atom is -0.493 e. The summed E-state index contributed by atoms with van der Waals surface area (Å²) in [6, 6.07) is 5.67. The predicted octanol–water partition coefficient (Wildman–Crippen LogP) is 2.47. The fourth-order valence-electron chi connectivity index (χ4n) is 1.17. The zero-order valence-electron chi connectivity index (χ0n) is 8.76. The Morgan fingerprint density at radius 3 is 2.64 bits per heavy atom. The summed E-state index contributed by atoms with van der Waals surface area (Å²) in [6.07, 6.45) is 0. The summed E-state index contributed by atoms with van der Waals surface area (Å²) < 4.78 is 10.6. The topological polar surface area (TPSA) is 18.5 Å². The molecular formula is C12H14O2. The monoisotopic (exact) mass is 190 g/mol. The van der Waals surface area contributed by atoms with Gasteiger partial charge in [0, 0.05) is 5.56 Å². The molecule has 0 N–H and O–H groups in total. The first-order valence-electron chi connectivity index (χ1n) is 4.55. The maximum absolute atomic E-state index is 5.42. The summed E-state index contributed by atoms with van der Waals surface area (Å²) in [5, 5.41) is 0. The van der Waals surface area contributed by atoms with E-state index in [9.17, 15) is 0 Å². The molecule has 0 bridgehead atoms. The van der Waals surface area contributed by atoms with Gasteiger partial charge in [-0.25, -0.2) is 0 Å². The van der Waals surface area contributed by atoms with E-state index in [1.165, 1.54) is 0 Å². The molecule has 0 aliphatic carbocycles. The van der Waals surface area contributed by atoms with Crippen LogP contribution in [0.5, 0.6) is 11.5 Å². The van der Waals surface area contributed by atoms with Crippen LogP contribution in [-0.4, -0.2) is 13.7 Å². The van der Waals surface area contributed by atoms with Crippen molar-refractivity contribution in [3.8, 4) is 23.3 Å². The van der Waals surface area contributed by atoms with E-state index in [1.54, 1.807) is 7.11 Å². The first-order chi connectivity index (χ1) is 6.81. The molecule has 1 rings (SSSR count). The van der Waals surface area contributed by atoms with Crippen LogP contribution in [0.2, 0.25) is 0 Å². The van der Waals surface area contributed by atoms with Gasteiger partial charge >= 0.3 is 0 Å². The minimum absolute atomic E-state index is 0.624. The van der Waals surface area contributed by atoms with Crippen LogP contribution in [0.25, 0.3) is 0 Å². The Labute approximate surface area is 84.8 Å². The van der Waals surface area contributed by atoms with Gasteiger partial charge in [-0.1, -0.05) is 5.92 Å². The van der Waals surface area contributed by atoms with Gasteiger partial charge in [-0.3, -0.25) is 0 Å². The van der Waals surface area contributed by atoms with Gasteiger partial charge in [0.25, 0.3) is 0 Å². The van der Waals surface area contributed by atoms with Crippen molar-refractivity contribution in [1.82, 2.24) is 0 Å². The van der Waals surface area contributed by atoms with Crippen LogP contribution in [0, 0.1) is 11.8 Å². The third-order valence-corrected chi connectivity index (χ3v) is 1.73. The molecule has 0 spiro atoms. The number of methoxy groups -OCH3 is 1. The highest BCUT2D eigenvalue weighted by Gasteiger charge is 2.03. The van der Waals surface area contributed by atoms with Crippen LogP contribution in [0.4, 0.5) is 0 Å². The molecule has 1 aromatic rings. The molecule has 1 aromatic carbocycles. The molecule has 2 nitrogen and oxygen atoms in total. The second-order valence-corrected chi connectivity index (χ2v) is 2.67. The summed E-state index contributed by atoms with van der Waals surface area (Å²) in [4.78, 5) is 0. The van der Waals surface area contributed by atoms with Gasteiger partial charge in [-0.2, -0.15) is 0 Å². The maximum atomic E-state index is 5.42. The lowest BCUT2D eigenvalue weighted by atomic mass is 10.2. The van der Waals surface area contributed by atoms with Gasteiger partial charge in [0.05, 0.1) is 13.7 Å². The van der Waals surface area contributed by atoms with Crippen molar-refractivity contribution in [3.63, 3.8) is 0 Å². The molecule has 0 radical (unpaired) electrons. The molecule has 74 valence electrons. The second kappa shape index (κ2) is 5.18. The predicted molar refractivity (Wildman–Crippen MR) is 56.7 cm³/mol. The zero-order valence-corrected chi connectivity index (χ0v) is 8.76. The van der Waals surface area contributed by atoms with E-state index < -0.39 is 0 Å². The van der Waals surface area contributed by atoms with E-state index in [0.29, 0.717) is 6.61 Å². The summed E-state index contributed by atoms with van der Waals surface area (Å²) in [7, 11) is 1.63. The van der Waals surface area contributed by atoms with Crippen molar-refractivity contribution in [2.45, 2.75) is 13.8 Å². The van der Waals surface area contributed by atoms with Crippen LogP contribution in [0.1, 0.15) is 19.4 Å². The van der Waals surface area contributed by atoms with Gasteiger partial charge in [-0.15, -0.1) is 5.92 Å². The van der Waals surface area contributed by atoms with E-state index >= 15 is 0 Å². The molecular weight excluding hydrogens is 176 g/mol. The van der Waals surface area contributed by atoms with E-state index in [2.05, 4.69) is 11.8 Å². The third kappa shape index (κ3) is 2.43. The Balaban J connectivity index is 3.04. The Kier molecular flexibility index (Phi) is 3.87. The number of hydrogen-bond donors (Lipinski definition) is 0. The quantitative estimate of drug-likeness (QED) is 0.682. The highest BCUT2D eigenvalue weighted by atomic mass is 16.5. The van der Waals surface area contributed by atoms with Crippen LogP contribution < -0.4 is 9.47 Å². The number of ether oxygens (including phenoxy) is 2. The van der Waals surface area contributed by atoms with E-state index in [0.717, 1.165) is 17.1 Å². The normalized spacial score (nSPS) is 8.79. The van der Waals surface area contributed by atoms with Crippen molar-refractivity contribution < 1.29 is 9.47 Å². The Morgan fingerprint density at radius 1 is 1.29 bits per heavy atom. The molecule has 0 unspecified atom stereocenters. The summed E-state index contributed by atoms with van der Waals surface area (Å²) in [6.45, 7) is 4.38. The van der Waals surface area contributed by atoms with Crippen molar-refractivity contribution in [3.05, 3.63) is 23.8 Å². The van der Waals surface area contributed by atoms with Gasteiger partial charge in [0.2, 0.25) is 0 Å². The average Bonchev–Trinajstić information content (AvgIpc) is 2.19. The number of rotatable bonds is 3. The summed E-state index contributed by atoms with van der Waals surface area (Å²) in [5.41, 5.74) is 0.941. The number of benzene rings is 1. The molecule has 0 amide bonds. The highest BCUT2D eigenvalue weighted by molar-refractivity contribution is 5.48. The van der Waals surface area contributed by atoms with E-state index in [4.69, 9.17) is 9.47 Å². The molecule has 0 heterocycles. The maximum Gasteiger partial charge on any atom is 0.162 e. The van der Waals surface area contributed by atoms with Crippen molar-refractivity contribution in [2.24, 2.45) is 0 Å². The zero-order chi connectivity index (χ0) is 10.4. The molecule has 0 fully saturated rings. The highest BCUT2D eigenvalue weighted by Crippen LogP contribution is 2.27. The fraction of sp³-hybridized carbons (Fsp3) is 0.333. The van der Waals surface area contributed by atoms with E-state index in [-0.39, 0.29) is 0 Å². The SMILES string of the molecule is CC#Cc1ccc(OC)c(OCC)c1. The van der Waals surface area contributed by atoms with Crippen LogP contribution >= 0.6 is 0 Å². The van der Waals surface area contributed by atoms with Crippen molar-refractivity contribution in [1.29, 1.82) is 0 Å². The standard InChI is InChI=1S/C12H14O2/c1-4-6-10-7-8-11(13-3)12(9-10)14-5-2/h7-9H,5H2,1-3H3. The summed E-state index contributed by atoms with van der Waals surface area (Å²) in [5.74, 6) is 7.31. The molecule has 0 aromatic heterocycles. The molecule has 0 saturated carbocycles.